The molecule has 6 heteroatoms. The first-order chi connectivity index (χ1) is 13.0. The summed E-state index contributed by atoms with van der Waals surface area (Å²) in [6, 6.07) is 11.4. The number of hydrogen-bond donors (Lipinski definition) is 3. The zero-order valence-electron chi connectivity index (χ0n) is 15.4. The number of para-hydroxylation sites is 1. The predicted molar refractivity (Wildman–Crippen MR) is 104 cm³/mol. The van der Waals surface area contributed by atoms with Gasteiger partial charge in [-0.3, -0.25) is 9.59 Å². The zero-order chi connectivity index (χ0) is 19.0. The lowest BCUT2D eigenvalue weighted by Gasteiger charge is -2.26. The fourth-order valence-corrected chi connectivity index (χ4v) is 3.48. The van der Waals surface area contributed by atoms with E-state index in [1.165, 1.54) is 11.1 Å². The van der Waals surface area contributed by atoms with Gasteiger partial charge in [-0.2, -0.15) is 0 Å². The molecule has 3 aromatic rings. The minimum absolute atomic E-state index is 0.0815. The van der Waals surface area contributed by atoms with Gasteiger partial charge in [-0.1, -0.05) is 18.2 Å². The van der Waals surface area contributed by atoms with Gasteiger partial charge in [-0.15, -0.1) is 0 Å². The molecule has 1 aliphatic heterocycles. The van der Waals surface area contributed by atoms with E-state index in [1.54, 1.807) is 0 Å². The van der Waals surface area contributed by atoms with Gasteiger partial charge in [0, 0.05) is 18.5 Å². The highest BCUT2D eigenvalue weighted by Crippen LogP contribution is 2.30. The van der Waals surface area contributed by atoms with Crippen molar-refractivity contribution in [2.45, 2.75) is 39.2 Å². The Kier molecular flexibility index (Phi) is 4.39. The van der Waals surface area contributed by atoms with Crippen LogP contribution >= 0.6 is 0 Å². The summed E-state index contributed by atoms with van der Waals surface area (Å²) in [5.41, 5.74) is 6.04. The highest BCUT2D eigenvalue weighted by Gasteiger charge is 2.25. The fraction of sp³-hybridized carbons (Fsp3) is 0.286. The van der Waals surface area contributed by atoms with Gasteiger partial charge in [-0.05, 0) is 48.7 Å². The molecule has 0 spiro atoms. The Hall–Kier alpha value is -3.15. The molecule has 0 bridgehead atoms. The average Bonchev–Trinajstić information content (AvgIpc) is 3.02. The number of amides is 2. The number of anilines is 1. The van der Waals surface area contributed by atoms with Crippen molar-refractivity contribution in [1.29, 1.82) is 0 Å². The minimum Gasteiger partial charge on any atom is -0.349 e. The summed E-state index contributed by atoms with van der Waals surface area (Å²) >= 11 is 0. The SMILES string of the molecule is Cc1cc2nc(CCC(=O)N[C@H]3CC(=O)Nc4ccccc43)[nH]c2cc1C. The largest absolute Gasteiger partial charge is 0.349 e. The third-order valence-electron chi connectivity index (χ3n) is 5.07. The monoisotopic (exact) mass is 362 g/mol. The van der Waals surface area contributed by atoms with Crippen LogP contribution in [0.5, 0.6) is 0 Å². The van der Waals surface area contributed by atoms with Gasteiger partial charge >= 0.3 is 0 Å². The fourth-order valence-electron chi connectivity index (χ4n) is 3.48. The molecule has 6 nitrogen and oxygen atoms in total. The van der Waals surface area contributed by atoms with Crippen LogP contribution in [-0.2, 0) is 16.0 Å². The summed E-state index contributed by atoms with van der Waals surface area (Å²) < 4.78 is 0. The summed E-state index contributed by atoms with van der Waals surface area (Å²) in [7, 11) is 0. The van der Waals surface area contributed by atoms with Crippen LogP contribution in [0.15, 0.2) is 36.4 Å². The summed E-state index contributed by atoms with van der Waals surface area (Å²) in [5, 5.41) is 5.83. The first-order valence-corrected chi connectivity index (χ1v) is 9.13. The van der Waals surface area contributed by atoms with Gasteiger partial charge in [0.05, 0.1) is 23.5 Å². The van der Waals surface area contributed by atoms with Crippen LogP contribution in [0.3, 0.4) is 0 Å². The smallest absolute Gasteiger partial charge is 0.226 e. The maximum atomic E-state index is 12.4. The van der Waals surface area contributed by atoms with Gasteiger partial charge in [0.15, 0.2) is 0 Å². The minimum atomic E-state index is -0.288. The molecule has 1 aliphatic rings. The van der Waals surface area contributed by atoms with Crippen molar-refractivity contribution >= 4 is 28.5 Å². The van der Waals surface area contributed by atoms with E-state index in [0.717, 1.165) is 28.1 Å². The number of aromatic nitrogens is 2. The van der Waals surface area contributed by atoms with E-state index < -0.39 is 0 Å². The first-order valence-electron chi connectivity index (χ1n) is 9.13. The van der Waals surface area contributed by atoms with Crippen molar-refractivity contribution in [3.05, 3.63) is 58.9 Å². The predicted octanol–water partition coefficient (Wildman–Crippen LogP) is 3.31. The standard InChI is InChI=1S/C21H22N4O2/c1-12-9-17-18(10-13(12)2)23-19(22-17)7-8-20(26)25-16-11-21(27)24-15-6-4-3-5-14(15)16/h3-6,9-10,16H,7-8,11H2,1-2H3,(H,22,23)(H,24,27)(H,25,26)/t16-/m0/s1. The maximum absolute atomic E-state index is 12.4. The van der Waals surface area contributed by atoms with Crippen molar-refractivity contribution in [1.82, 2.24) is 15.3 Å². The van der Waals surface area contributed by atoms with E-state index in [9.17, 15) is 9.59 Å². The summed E-state index contributed by atoms with van der Waals surface area (Å²) in [6.45, 7) is 4.13. The lowest BCUT2D eigenvalue weighted by atomic mass is 9.97. The first kappa shape index (κ1) is 17.3. The molecule has 0 aliphatic carbocycles. The van der Waals surface area contributed by atoms with Crippen molar-refractivity contribution in [3.8, 4) is 0 Å². The van der Waals surface area contributed by atoms with Gasteiger partial charge in [-0.25, -0.2) is 4.98 Å². The highest BCUT2D eigenvalue weighted by atomic mass is 16.2. The number of aryl methyl sites for hydroxylation is 3. The van der Waals surface area contributed by atoms with Crippen molar-refractivity contribution in [2.75, 3.05) is 5.32 Å². The Morgan fingerprint density at radius 1 is 1.22 bits per heavy atom. The number of fused-ring (bicyclic) bond motifs is 2. The molecule has 138 valence electrons. The molecule has 0 radical (unpaired) electrons. The Balaban J connectivity index is 1.42. The average molecular weight is 362 g/mol. The number of rotatable bonds is 4. The number of imidazole rings is 1. The number of carbonyl (C=O) groups excluding carboxylic acids is 2. The van der Waals surface area contributed by atoms with E-state index in [4.69, 9.17) is 0 Å². The molecule has 0 saturated carbocycles. The zero-order valence-corrected chi connectivity index (χ0v) is 15.4. The van der Waals surface area contributed by atoms with Crippen LogP contribution in [0.4, 0.5) is 5.69 Å². The van der Waals surface area contributed by atoms with Crippen LogP contribution in [0.25, 0.3) is 11.0 Å². The number of H-pyrrole nitrogens is 1. The molecule has 4 rings (SSSR count). The van der Waals surface area contributed by atoms with Gasteiger partial charge in [0.25, 0.3) is 0 Å². The van der Waals surface area contributed by atoms with E-state index >= 15 is 0 Å². The van der Waals surface area contributed by atoms with Gasteiger partial charge in [0.1, 0.15) is 5.82 Å². The van der Waals surface area contributed by atoms with E-state index in [-0.39, 0.29) is 24.3 Å². The Bertz CT molecular complexity index is 999. The van der Waals surface area contributed by atoms with E-state index in [1.807, 2.05) is 24.3 Å². The lowest BCUT2D eigenvalue weighted by Crippen LogP contribution is -2.35. The number of nitrogens with zero attached hydrogens (tertiary/aromatic N) is 1. The van der Waals surface area contributed by atoms with Crippen LogP contribution in [0.1, 0.15) is 41.4 Å². The molecule has 2 aromatic carbocycles. The van der Waals surface area contributed by atoms with Crippen molar-refractivity contribution in [3.63, 3.8) is 0 Å². The summed E-state index contributed by atoms with van der Waals surface area (Å²) in [4.78, 5) is 32.2. The highest BCUT2D eigenvalue weighted by molar-refractivity contribution is 5.95. The molecule has 1 aromatic heterocycles. The molecule has 1 atom stereocenters. The normalized spacial score (nSPS) is 16.1. The number of aromatic amines is 1. The molecule has 0 unspecified atom stereocenters. The van der Waals surface area contributed by atoms with E-state index in [2.05, 4.69) is 46.6 Å². The van der Waals surface area contributed by atoms with Crippen molar-refractivity contribution in [2.24, 2.45) is 0 Å². The number of carbonyl (C=O) groups is 2. The second kappa shape index (κ2) is 6.87. The molecular formula is C21H22N4O2. The lowest BCUT2D eigenvalue weighted by molar-refractivity contribution is -0.122. The third kappa shape index (κ3) is 3.56. The topological polar surface area (TPSA) is 86.9 Å². The second-order valence-electron chi connectivity index (χ2n) is 7.10. The van der Waals surface area contributed by atoms with Crippen LogP contribution in [0, 0.1) is 13.8 Å². The molecular weight excluding hydrogens is 340 g/mol. The second-order valence-corrected chi connectivity index (χ2v) is 7.10. The maximum Gasteiger partial charge on any atom is 0.226 e. The van der Waals surface area contributed by atoms with Crippen molar-refractivity contribution < 1.29 is 9.59 Å². The van der Waals surface area contributed by atoms with Crippen LogP contribution in [-0.4, -0.2) is 21.8 Å². The molecule has 27 heavy (non-hydrogen) atoms. The Morgan fingerprint density at radius 2 is 2.00 bits per heavy atom. The quantitative estimate of drug-likeness (QED) is 0.665. The van der Waals surface area contributed by atoms with Crippen LogP contribution in [0.2, 0.25) is 0 Å². The Morgan fingerprint density at radius 3 is 2.85 bits per heavy atom. The third-order valence-corrected chi connectivity index (χ3v) is 5.07. The Labute approximate surface area is 157 Å². The number of nitrogens with one attached hydrogen (secondary N) is 3. The number of hydrogen-bond acceptors (Lipinski definition) is 3. The summed E-state index contributed by atoms with van der Waals surface area (Å²) in [5.74, 6) is 0.631. The molecule has 0 fully saturated rings. The molecule has 3 N–H and O–H groups in total. The number of benzene rings is 2. The molecule has 0 saturated heterocycles. The van der Waals surface area contributed by atoms with Gasteiger partial charge < -0.3 is 15.6 Å². The summed E-state index contributed by atoms with van der Waals surface area (Å²) in [6.07, 6.45) is 1.10. The van der Waals surface area contributed by atoms with Crippen LogP contribution < -0.4 is 10.6 Å². The van der Waals surface area contributed by atoms with E-state index in [0.29, 0.717) is 12.8 Å². The molecule has 2 heterocycles. The van der Waals surface area contributed by atoms with Gasteiger partial charge in [0.2, 0.25) is 11.8 Å². The molecule has 2 amide bonds.